The van der Waals surface area contributed by atoms with Crippen LogP contribution in [-0.2, 0) is 32.0 Å². The first-order chi connectivity index (χ1) is 18.4. The Kier molecular flexibility index (Phi) is 11.5. The summed E-state index contributed by atoms with van der Waals surface area (Å²) in [5.41, 5.74) is 12.9. The van der Waals surface area contributed by atoms with Gasteiger partial charge in [-0.05, 0) is 36.1 Å². The molecule has 0 saturated carbocycles. The van der Waals surface area contributed by atoms with Crippen LogP contribution in [0.4, 0.5) is 0 Å². The molecule has 2 aromatic carbocycles. The van der Waals surface area contributed by atoms with Gasteiger partial charge in [-0.1, -0.05) is 56.2 Å². The average molecular weight is 539 g/mol. The molecule has 4 amide bonds. The molecule has 0 aromatic heterocycles. The second-order valence-corrected chi connectivity index (χ2v) is 9.64. The van der Waals surface area contributed by atoms with Gasteiger partial charge in [-0.3, -0.25) is 24.6 Å². The van der Waals surface area contributed by atoms with Crippen molar-refractivity contribution in [2.75, 3.05) is 14.1 Å². The van der Waals surface area contributed by atoms with E-state index in [1.807, 2.05) is 6.92 Å². The van der Waals surface area contributed by atoms with Crippen LogP contribution in [0.3, 0.4) is 0 Å². The number of hydrogen-bond acceptors (Lipinski definition) is 6. The van der Waals surface area contributed by atoms with Crippen LogP contribution in [0.25, 0.3) is 0 Å². The van der Waals surface area contributed by atoms with Gasteiger partial charge in [-0.25, -0.2) is 0 Å². The summed E-state index contributed by atoms with van der Waals surface area (Å²) in [4.78, 5) is 53.0. The molecule has 11 heteroatoms. The second-order valence-electron chi connectivity index (χ2n) is 9.64. The van der Waals surface area contributed by atoms with Gasteiger partial charge in [0.15, 0.2) is 0 Å². The average Bonchev–Trinajstić information content (AvgIpc) is 2.89. The lowest BCUT2D eigenvalue weighted by Crippen LogP contribution is -2.55. The molecule has 39 heavy (non-hydrogen) atoms. The second kappa shape index (κ2) is 14.5. The maximum Gasteiger partial charge on any atom is 0.243 e. The van der Waals surface area contributed by atoms with Crippen molar-refractivity contribution < 1.29 is 24.3 Å². The topological polar surface area (TPSA) is 192 Å². The van der Waals surface area contributed by atoms with Crippen LogP contribution in [0.15, 0.2) is 48.5 Å². The Bertz CT molecular complexity index is 1160. The highest BCUT2D eigenvalue weighted by Gasteiger charge is 2.32. The van der Waals surface area contributed by atoms with Crippen LogP contribution in [0, 0.1) is 11.3 Å². The van der Waals surface area contributed by atoms with E-state index in [0.717, 1.165) is 6.42 Å². The molecule has 3 atom stereocenters. The Balaban J connectivity index is 2.22. The van der Waals surface area contributed by atoms with Crippen LogP contribution >= 0.6 is 0 Å². The number of benzene rings is 2. The summed E-state index contributed by atoms with van der Waals surface area (Å²) in [6.45, 7) is 1.94. The van der Waals surface area contributed by atoms with Gasteiger partial charge in [0, 0.05) is 26.1 Å². The smallest absolute Gasteiger partial charge is 0.243 e. The maximum atomic E-state index is 13.4. The molecule has 0 saturated heterocycles. The zero-order valence-corrected chi connectivity index (χ0v) is 22.6. The van der Waals surface area contributed by atoms with Gasteiger partial charge in [0.1, 0.15) is 29.6 Å². The number of amidine groups is 1. The number of nitrogens with one attached hydrogen (secondary N) is 3. The molecule has 210 valence electrons. The van der Waals surface area contributed by atoms with Gasteiger partial charge in [0.05, 0.1) is 0 Å². The van der Waals surface area contributed by atoms with Crippen molar-refractivity contribution in [1.29, 1.82) is 5.41 Å². The maximum absolute atomic E-state index is 13.4. The molecule has 11 nitrogen and oxygen atoms in total. The van der Waals surface area contributed by atoms with E-state index in [1.54, 1.807) is 50.5 Å². The largest absolute Gasteiger partial charge is 0.508 e. The molecule has 8 N–H and O–H groups in total. The Morgan fingerprint density at radius 3 is 1.92 bits per heavy atom. The van der Waals surface area contributed by atoms with E-state index in [0.29, 0.717) is 29.5 Å². The molecule has 0 fully saturated rings. The third kappa shape index (κ3) is 9.44. The monoisotopic (exact) mass is 538 g/mol. The number of nitrogen functional groups attached to an aromatic ring is 1. The number of nitrogens with zero attached hydrogens (tertiary/aromatic N) is 1. The summed E-state index contributed by atoms with van der Waals surface area (Å²) in [5.74, 6) is -3.51. The Morgan fingerprint density at radius 2 is 1.41 bits per heavy atom. The van der Waals surface area contributed by atoms with Gasteiger partial charge < -0.3 is 32.1 Å². The van der Waals surface area contributed by atoms with Gasteiger partial charge in [0.25, 0.3) is 0 Å². The molecule has 0 aliphatic rings. The fourth-order valence-electron chi connectivity index (χ4n) is 3.97. The molecule has 2 rings (SSSR count). The summed E-state index contributed by atoms with van der Waals surface area (Å²) in [6.07, 6.45) is 1.86. The molecule has 2 aromatic rings. The fraction of sp³-hybridized carbons (Fsp3) is 0.393. The van der Waals surface area contributed by atoms with Crippen LogP contribution in [0.1, 0.15) is 42.9 Å². The van der Waals surface area contributed by atoms with Gasteiger partial charge in [-0.2, -0.15) is 0 Å². The number of unbranched alkanes of at least 4 members (excludes halogenated alkanes) is 1. The molecule has 0 radical (unpaired) electrons. The lowest BCUT2D eigenvalue weighted by atomic mass is 9.95. The van der Waals surface area contributed by atoms with Crippen molar-refractivity contribution in [3.05, 3.63) is 65.2 Å². The highest BCUT2D eigenvalue weighted by Crippen LogP contribution is 2.15. The van der Waals surface area contributed by atoms with E-state index in [-0.39, 0.29) is 24.4 Å². The molecular formula is C28H38N6O5. The number of carbonyl (C=O) groups excluding carboxylic acids is 4. The lowest BCUT2D eigenvalue weighted by Gasteiger charge is -2.25. The number of aromatic hydroxyl groups is 1. The first kappa shape index (κ1) is 30.8. The third-order valence-electron chi connectivity index (χ3n) is 6.28. The number of hydrogen-bond donors (Lipinski definition) is 6. The summed E-state index contributed by atoms with van der Waals surface area (Å²) in [5, 5.41) is 22.4. The minimum Gasteiger partial charge on any atom is -0.508 e. The number of amides is 4. The third-order valence-corrected chi connectivity index (χ3v) is 6.28. The van der Waals surface area contributed by atoms with E-state index in [1.165, 1.54) is 17.0 Å². The summed E-state index contributed by atoms with van der Waals surface area (Å²) < 4.78 is 0. The normalized spacial score (nSPS) is 13.0. The van der Waals surface area contributed by atoms with Crippen molar-refractivity contribution in [3.8, 4) is 5.75 Å². The Hall–Kier alpha value is -4.41. The molecule has 0 aliphatic heterocycles. The molecule has 0 aliphatic carbocycles. The highest BCUT2D eigenvalue weighted by atomic mass is 16.3. The minimum atomic E-state index is -1.11. The predicted octanol–water partition coefficient (Wildman–Crippen LogP) is 0.811. The van der Waals surface area contributed by atoms with Crippen molar-refractivity contribution in [1.82, 2.24) is 15.5 Å². The summed E-state index contributed by atoms with van der Waals surface area (Å²) in [6, 6.07) is 10.8. The van der Waals surface area contributed by atoms with Crippen molar-refractivity contribution in [2.24, 2.45) is 17.4 Å². The van der Waals surface area contributed by atoms with E-state index in [9.17, 15) is 24.3 Å². The van der Waals surface area contributed by atoms with Gasteiger partial charge in [-0.15, -0.1) is 0 Å². The number of carbonyl (C=O) groups is 4. The Morgan fingerprint density at radius 1 is 0.872 bits per heavy atom. The van der Waals surface area contributed by atoms with Crippen LogP contribution in [0.5, 0.6) is 5.75 Å². The minimum absolute atomic E-state index is 0.0670. The highest BCUT2D eigenvalue weighted by molar-refractivity contribution is 6.02. The number of nitrogens with two attached hydrogens (primary N) is 2. The first-order valence-corrected chi connectivity index (χ1v) is 12.7. The fourth-order valence-corrected chi connectivity index (χ4v) is 3.97. The zero-order valence-electron chi connectivity index (χ0n) is 22.6. The standard InChI is InChI=1S/C28H38N6O5/c1-4-5-6-22(27(38)33-23(25(31)36)16-18-9-13-20(35)14-10-18)32-26(37)21(28(39)34(2)3)15-17-7-11-19(12-8-17)24(29)30/h7-14,21-23,35H,4-6,15-16H2,1-3H3,(H3,29,30)(H2,31,36)(H,32,37)(H,33,38)/t21?,22-,23-/m0/s1. The number of rotatable bonds is 14. The summed E-state index contributed by atoms with van der Waals surface area (Å²) >= 11 is 0. The van der Waals surface area contributed by atoms with Gasteiger partial charge >= 0.3 is 0 Å². The van der Waals surface area contributed by atoms with Crippen molar-refractivity contribution in [2.45, 2.75) is 51.1 Å². The molecule has 0 heterocycles. The molecular weight excluding hydrogens is 500 g/mol. The Labute approximate surface area is 228 Å². The van der Waals surface area contributed by atoms with Gasteiger partial charge in [0.2, 0.25) is 23.6 Å². The van der Waals surface area contributed by atoms with Crippen LogP contribution < -0.4 is 22.1 Å². The van der Waals surface area contributed by atoms with E-state index in [2.05, 4.69) is 10.6 Å². The van der Waals surface area contributed by atoms with Crippen LogP contribution in [-0.4, -0.2) is 65.6 Å². The van der Waals surface area contributed by atoms with E-state index < -0.39 is 41.6 Å². The van der Waals surface area contributed by atoms with Crippen LogP contribution in [0.2, 0.25) is 0 Å². The number of primary amides is 1. The first-order valence-electron chi connectivity index (χ1n) is 12.7. The molecule has 1 unspecified atom stereocenters. The van der Waals surface area contributed by atoms with E-state index in [4.69, 9.17) is 16.9 Å². The number of phenolic OH excluding ortho intramolecular Hbond substituents is 1. The molecule has 0 spiro atoms. The quantitative estimate of drug-likeness (QED) is 0.117. The van der Waals surface area contributed by atoms with E-state index >= 15 is 0 Å². The van der Waals surface area contributed by atoms with Crippen molar-refractivity contribution in [3.63, 3.8) is 0 Å². The summed E-state index contributed by atoms with van der Waals surface area (Å²) in [7, 11) is 3.09. The predicted molar refractivity (Wildman–Crippen MR) is 148 cm³/mol. The molecule has 0 bridgehead atoms. The number of phenols is 1. The van der Waals surface area contributed by atoms with Crippen molar-refractivity contribution >= 4 is 29.5 Å². The zero-order chi connectivity index (χ0) is 29.1. The lowest BCUT2D eigenvalue weighted by molar-refractivity contribution is -0.142. The SMILES string of the molecule is CCCC[C@H](NC(=O)C(Cc1ccc(C(=N)N)cc1)C(=O)N(C)C)C(=O)N[C@@H](Cc1ccc(O)cc1)C(N)=O.